The number of piperidine rings is 1. The number of nitrogens with zero attached hydrogens (tertiary/aromatic N) is 4. The van der Waals surface area contributed by atoms with E-state index in [9.17, 15) is 5.21 Å². The number of nitrogens with one attached hydrogen (secondary N) is 1. The Morgan fingerprint density at radius 2 is 1.69 bits per heavy atom. The van der Waals surface area contributed by atoms with Gasteiger partial charge in [0.2, 0.25) is 0 Å². The number of pyridine rings is 2. The molecule has 3 aromatic heterocycles. The van der Waals surface area contributed by atoms with Crippen LogP contribution < -0.4 is 10.0 Å². The van der Waals surface area contributed by atoms with Crippen molar-refractivity contribution in [1.82, 2.24) is 19.9 Å². The molecule has 0 amide bonds. The van der Waals surface area contributed by atoms with Gasteiger partial charge in [-0.15, -0.1) is 0 Å². The molecule has 1 N–H and O–H groups in total. The van der Waals surface area contributed by atoms with Crippen molar-refractivity contribution in [3.8, 4) is 22.5 Å². The van der Waals surface area contributed by atoms with E-state index >= 15 is 0 Å². The molecule has 1 aliphatic rings. The van der Waals surface area contributed by atoms with Crippen molar-refractivity contribution >= 4 is 21.9 Å². The molecule has 0 radical (unpaired) electrons. The van der Waals surface area contributed by atoms with Gasteiger partial charge < -0.3 is 15.1 Å². The van der Waals surface area contributed by atoms with Crippen LogP contribution in [0.15, 0.2) is 79.3 Å². The zero-order valence-electron chi connectivity index (χ0n) is 17.6. The number of aromatic nitrogens is 4. The Morgan fingerprint density at radius 1 is 0.906 bits per heavy atom. The van der Waals surface area contributed by atoms with Gasteiger partial charge in [0.1, 0.15) is 11.3 Å². The van der Waals surface area contributed by atoms with Crippen molar-refractivity contribution in [3.05, 3.63) is 84.5 Å². The molecule has 158 valence electrons. The van der Waals surface area contributed by atoms with Crippen LogP contribution in [0.3, 0.4) is 0 Å². The third-order valence-corrected chi connectivity index (χ3v) is 6.37. The lowest BCUT2D eigenvalue weighted by Gasteiger charge is -2.25. The molecule has 1 aliphatic heterocycles. The minimum absolute atomic E-state index is 0.315. The molecule has 6 rings (SSSR count). The van der Waals surface area contributed by atoms with Gasteiger partial charge in [-0.3, -0.25) is 0 Å². The molecule has 6 heteroatoms. The van der Waals surface area contributed by atoms with Crippen molar-refractivity contribution in [1.29, 1.82) is 0 Å². The monoisotopic (exact) mass is 421 g/mol. The second-order valence-corrected chi connectivity index (χ2v) is 8.33. The lowest BCUT2D eigenvalue weighted by atomic mass is 10.0. The maximum atomic E-state index is 11.6. The van der Waals surface area contributed by atoms with Crippen LogP contribution in [0.2, 0.25) is 0 Å². The highest BCUT2D eigenvalue weighted by Gasteiger charge is 2.24. The third kappa shape index (κ3) is 3.20. The fourth-order valence-electron chi connectivity index (χ4n) is 4.76. The number of imidazole rings is 1. The van der Waals surface area contributed by atoms with Gasteiger partial charge in [-0.1, -0.05) is 36.4 Å². The summed E-state index contributed by atoms with van der Waals surface area (Å²) in [7, 11) is 0. The third-order valence-electron chi connectivity index (χ3n) is 6.37. The number of fused-ring (bicyclic) bond motifs is 2. The molecule has 6 nitrogen and oxygen atoms in total. The van der Waals surface area contributed by atoms with E-state index in [-0.39, 0.29) is 0 Å². The van der Waals surface area contributed by atoms with Crippen LogP contribution in [0.4, 0.5) is 0 Å². The predicted molar refractivity (Wildman–Crippen MR) is 126 cm³/mol. The zero-order valence-corrected chi connectivity index (χ0v) is 17.6. The fourth-order valence-corrected chi connectivity index (χ4v) is 4.76. The van der Waals surface area contributed by atoms with Gasteiger partial charge in [-0.05, 0) is 54.4 Å². The first-order chi connectivity index (χ1) is 15.8. The highest BCUT2D eigenvalue weighted by atomic mass is 16.5. The summed E-state index contributed by atoms with van der Waals surface area (Å²) in [6.45, 7) is 1.95. The summed E-state index contributed by atoms with van der Waals surface area (Å²) < 4.78 is 3.09. The summed E-state index contributed by atoms with van der Waals surface area (Å²) in [4.78, 5) is 9.89. The summed E-state index contributed by atoms with van der Waals surface area (Å²) >= 11 is 0. The molecule has 32 heavy (non-hydrogen) atoms. The smallest absolute Gasteiger partial charge is 0.181 e. The van der Waals surface area contributed by atoms with E-state index in [2.05, 4.69) is 52.3 Å². The van der Waals surface area contributed by atoms with Gasteiger partial charge in [-0.25, -0.2) is 9.97 Å². The van der Waals surface area contributed by atoms with E-state index in [1.165, 1.54) is 23.2 Å². The molecule has 0 atom stereocenters. The van der Waals surface area contributed by atoms with Crippen LogP contribution >= 0.6 is 0 Å². The van der Waals surface area contributed by atoms with Gasteiger partial charge in [0, 0.05) is 35.5 Å². The van der Waals surface area contributed by atoms with Crippen LogP contribution in [0.25, 0.3) is 44.5 Å². The van der Waals surface area contributed by atoms with Crippen LogP contribution in [-0.2, 0) is 0 Å². The SMILES string of the molecule is [O-][n+]1ccc(-c2nc3c(-c4ccc5ccccc5c4)ccnc3n2C2CCNCC2)cc1. The molecule has 2 aromatic carbocycles. The normalized spacial score (nSPS) is 14.9. The molecular formula is C26H23N5O. The molecule has 0 bridgehead atoms. The van der Waals surface area contributed by atoms with Crippen LogP contribution in [0.1, 0.15) is 18.9 Å². The highest BCUT2D eigenvalue weighted by Crippen LogP contribution is 2.35. The minimum Gasteiger partial charge on any atom is -0.619 e. The molecule has 5 aromatic rings. The average molecular weight is 422 g/mol. The van der Waals surface area contributed by atoms with E-state index in [1.54, 1.807) is 0 Å². The van der Waals surface area contributed by atoms with Gasteiger partial charge in [-0.2, -0.15) is 4.73 Å². The minimum atomic E-state index is 0.315. The maximum Gasteiger partial charge on any atom is 0.181 e. The Hall–Kier alpha value is -3.77. The molecule has 1 saturated heterocycles. The van der Waals surface area contributed by atoms with Crippen molar-refractivity contribution in [2.45, 2.75) is 18.9 Å². The molecule has 0 spiro atoms. The standard InChI is InChI=1S/C26H23N5O/c32-30-15-10-19(11-16-30)25-29-24-23(21-6-5-18-3-1-2-4-20(18)17-21)9-14-28-26(24)31(25)22-7-12-27-13-8-22/h1-6,9-11,14-17,22,27H,7-8,12-13H2. The van der Waals surface area contributed by atoms with E-state index in [0.717, 1.165) is 64.3 Å². The molecule has 4 heterocycles. The molecule has 0 saturated carbocycles. The van der Waals surface area contributed by atoms with Crippen LogP contribution in [0.5, 0.6) is 0 Å². The van der Waals surface area contributed by atoms with Crippen molar-refractivity contribution in [2.75, 3.05) is 13.1 Å². The Morgan fingerprint density at radius 3 is 2.50 bits per heavy atom. The van der Waals surface area contributed by atoms with Crippen LogP contribution in [0, 0.1) is 5.21 Å². The van der Waals surface area contributed by atoms with Gasteiger partial charge in [0.25, 0.3) is 0 Å². The summed E-state index contributed by atoms with van der Waals surface area (Å²) in [5.41, 5.74) is 4.93. The second-order valence-electron chi connectivity index (χ2n) is 8.33. The van der Waals surface area contributed by atoms with E-state index < -0.39 is 0 Å². The van der Waals surface area contributed by atoms with Gasteiger partial charge in [0.15, 0.2) is 18.0 Å². The Kier molecular flexibility index (Phi) is 4.58. The van der Waals surface area contributed by atoms with E-state index in [1.807, 2.05) is 24.4 Å². The molecule has 1 fully saturated rings. The van der Waals surface area contributed by atoms with E-state index in [4.69, 9.17) is 9.97 Å². The summed E-state index contributed by atoms with van der Waals surface area (Å²) in [6, 6.07) is 21.0. The van der Waals surface area contributed by atoms with E-state index in [0.29, 0.717) is 6.04 Å². The number of benzene rings is 2. The summed E-state index contributed by atoms with van der Waals surface area (Å²) in [6.07, 6.45) is 6.98. The first-order valence-electron chi connectivity index (χ1n) is 11.0. The Labute approximate surface area is 185 Å². The lowest BCUT2D eigenvalue weighted by Crippen LogP contribution is -2.30. The molecular weight excluding hydrogens is 398 g/mol. The largest absolute Gasteiger partial charge is 0.619 e. The first-order valence-corrected chi connectivity index (χ1v) is 11.0. The maximum absolute atomic E-state index is 11.6. The highest BCUT2D eigenvalue weighted by molar-refractivity contribution is 5.95. The molecule has 0 aliphatic carbocycles. The van der Waals surface area contributed by atoms with Crippen LogP contribution in [-0.4, -0.2) is 27.6 Å². The predicted octanol–water partition coefficient (Wildman–Crippen LogP) is 4.48. The van der Waals surface area contributed by atoms with Crippen molar-refractivity contribution in [2.24, 2.45) is 0 Å². The summed E-state index contributed by atoms with van der Waals surface area (Å²) in [5.74, 6) is 0.869. The molecule has 0 unspecified atom stereocenters. The summed E-state index contributed by atoms with van der Waals surface area (Å²) in [5, 5.41) is 17.5. The fraction of sp³-hybridized carbons (Fsp3) is 0.192. The van der Waals surface area contributed by atoms with Crippen molar-refractivity contribution in [3.63, 3.8) is 0 Å². The number of hydrogen-bond donors (Lipinski definition) is 1. The Balaban J connectivity index is 1.59. The van der Waals surface area contributed by atoms with Gasteiger partial charge in [0.05, 0.1) is 0 Å². The van der Waals surface area contributed by atoms with Gasteiger partial charge >= 0.3 is 0 Å². The topological polar surface area (TPSA) is 69.7 Å². The number of hydrogen-bond acceptors (Lipinski definition) is 4. The number of rotatable bonds is 3. The lowest BCUT2D eigenvalue weighted by molar-refractivity contribution is -0.605. The Bertz CT molecular complexity index is 1420. The quantitative estimate of drug-likeness (QED) is 0.345. The average Bonchev–Trinajstić information content (AvgIpc) is 3.24. The second kappa shape index (κ2) is 7.73. The van der Waals surface area contributed by atoms with Crippen molar-refractivity contribution < 1.29 is 4.73 Å². The first kappa shape index (κ1) is 19.0. The zero-order chi connectivity index (χ0) is 21.5.